The molecule has 0 unspecified atom stereocenters. The van der Waals surface area contributed by atoms with Crippen LogP contribution in [-0.2, 0) is 19.6 Å². The Morgan fingerprint density at radius 2 is 1.83 bits per heavy atom. The lowest BCUT2D eigenvalue weighted by Crippen LogP contribution is -2.21. The summed E-state index contributed by atoms with van der Waals surface area (Å²) < 4.78 is 33.7. The highest BCUT2D eigenvalue weighted by Crippen LogP contribution is 2.28. The number of benzene rings is 2. The maximum atomic E-state index is 13.0. The average Bonchev–Trinajstić information content (AvgIpc) is 3.42. The van der Waals surface area contributed by atoms with Gasteiger partial charge in [0.1, 0.15) is 11.5 Å². The highest BCUT2D eigenvalue weighted by atomic mass is 32.2. The van der Waals surface area contributed by atoms with Gasteiger partial charge in [0.15, 0.2) is 6.61 Å². The summed E-state index contributed by atoms with van der Waals surface area (Å²) in [5.41, 5.74) is 2.28. The molecule has 0 atom stereocenters. The topological polar surface area (TPSA) is 132 Å². The predicted molar refractivity (Wildman–Crippen MR) is 130 cm³/mol. The normalized spacial score (nSPS) is 14.7. The molecule has 2 N–H and O–H groups in total. The first-order valence-corrected chi connectivity index (χ1v) is 11.8. The van der Waals surface area contributed by atoms with Gasteiger partial charge in [-0.1, -0.05) is 18.1 Å². The third kappa shape index (κ3) is 5.06. The van der Waals surface area contributed by atoms with Crippen LogP contribution in [0.15, 0.2) is 80.7 Å². The van der Waals surface area contributed by atoms with Crippen molar-refractivity contribution in [2.45, 2.75) is 11.8 Å². The molecule has 1 amide bonds. The van der Waals surface area contributed by atoms with Crippen molar-refractivity contribution in [3.63, 3.8) is 0 Å². The zero-order chi connectivity index (χ0) is 25.2. The Hall–Kier alpha value is -4.46. The zero-order valence-corrected chi connectivity index (χ0v) is 19.3. The van der Waals surface area contributed by atoms with Crippen LogP contribution in [0.5, 0.6) is 0 Å². The second kappa shape index (κ2) is 9.42. The van der Waals surface area contributed by atoms with Gasteiger partial charge in [0, 0.05) is 5.56 Å². The molecule has 1 aliphatic rings. The van der Waals surface area contributed by atoms with E-state index in [-0.39, 0.29) is 11.5 Å². The van der Waals surface area contributed by atoms with E-state index in [0.717, 1.165) is 5.56 Å². The van der Waals surface area contributed by atoms with Gasteiger partial charge in [-0.05, 0) is 61.5 Å². The SMILES string of the molecule is C#CCOC(=O)c1ccc(-c2ccc(/C=C3\C(=O)N(c4ccc(S(N)(=O)=O)cc4)N=C3C)o2)cc1. The maximum Gasteiger partial charge on any atom is 0.339 e. The van der Waals surface area contributed by atoms with Crippen molar-refractivity contribution in [2.75, 3.05) is 11.6 Å². The fourth-order valence-electron chi connectivity index (χ4n) is 3.33. The highest BCUT2D eigenvalue weighted by Gasteiger charge is 2.29. The Bertz CT molecular complexity index is 1510. The lowest BCUT2D eigenvalue weighted by Gasteiger charge is -2.11. The lowest BCUT2D eigenvalue weighted by atomic mass is 10.1. The minimum absolute atomic E-state index is 0.0648. The van der Waals surface area contributed by atoms with E-state index in [1.54, 1.807) is 49.4 Å². The van der Waals surface area contributed by atoms with Crippen molar-refractivity contribution in [1.29, 1.82) is 0 Å². The van der Waals surface area contributed by atoms with Gasteiger partial charge in [0.2, 0.25) is 10.0 Å². The maximum absolute atomic E-state index is 13.0. The number of sulfonamides is 1. The van der Waals surface area contributed by atoms with E-state index in [1.807, 2.05) is 0 Å². The fraction of sp³-hybridized carbons (Fsp3) is 0.0800. The first kappa shape index (κ1) is 23.7. The predicted octanol–water partition coefficient (Wildman–Crippen LogP) is 3.19. The molecule has 4 rings (SSSR count). The van der Waals surface area contributed by atoms with E-state index in [9.17, 15) is 18.0 Å². The number of hydrogen-bond donors (Lipinski definition) is 1. The third-order valence-electron chi connectivity index (χ3n) is 5.08. The summed E-state index contributed by atoms with van der Waals surface area (Å²) in [6.45, 7) is 1.58. The van der Waals surface area contributed by atoms with Gasteiger partial charge >= 0.3 is 5.97 Å². The number of nitrogens with two attached hydrogens (primary N) is 1. The summed E-state index contributed by atoms with van der Waals surface area (Å²) in [5.74, 6) is 2.30. The minimum atomic E-state index is -3.84. The van der Waals surface area contributed by atoms with Crippen LogP contribution < -0.4 is 10.1 Å². The van der Waals surface area contributed by atoms with Crippen molar-refractivity contribution in [2.24, 2.45) is 10.2 Å². The number of primary sulfonamides is 1. The van der Waals surface area contributed by atoms with Crippen LogP contribution in [0.1, 0.15) is 23.0 Å². The number of carbonyl (C=O) groups is 2. The summed E-state index contributed by atoms with van der Waals surface area (Å²) in [6, 6.07) is 15.6. The Morgan fingerprint density at radius 3 is 2.46 bits per heavy atom. The highest BCUT2D eigenvalue weighted by molar-refractivity contribution is 7.89. The van der Waals surface area contributed by atoms with E-state index in [2.05, 4.69) is 11.0 Å². The van der Waals surface area contributed by atoms with Gasteiger partial charge < -0.3 is 9.15 Å². The van der Waals surface area contributed by atoms with Gasteiger partial charge in [-0.2, -0.15) is 10.1 Å². The number of hydrazone groups is 1. The molecule has 0 fully saturated rings. The van der Waals surface area contributed by atoms with Crippen molar-refractivity contribution in [3.8, 4) is 23.7 Å². The van der Waals surface area contributed by atoms with Crippen molar-refractivity contribution >= 4 is 39.4 Å². The summed E-state index contributed by atoms with van der Waals surface area (Å²) in [7, 11) is -3.84. The number of carbonyl (C=O) groups excluding carboxylic acids is 2. The van der Waals surface area contributed by atoms with Crippen molar-refractivity contribution in [1.82, 2.24) is 0 Å². The number of nitrogens with zero attached hydrogens (tertiary/aromatic N) is 2. The Kier molecular flexibility index (Phi) is 6.38. The first-order valence-electron chi connectivity index (χ1n) is 10.2. The van der Waals surface area contributed by atoms with E-state index in [4.69, 9.17) is 20.7 Å². The number of ether oxygens (including phenoxy) is 1. The van der Waals surface area contributed by atoms with Crippen LogP contribution in [-0.4, -0.2) is 32.6 Å². The van der Waals surface area contributed by atoms with Gasteiger partial charge in [-0.25, -0.2) is 18.4 Å². The Labute approximate surface area is 201 Å². The van der Waals surface area contributed by atoms with Crippen LogP contribution in [0, 0.1) is 12.3 Å². The second-order valence-electron chi connectivity index (χ2n) is 7.46. The smallest absolute Gasteiger partial charge is 0.339 e. The molecule has 1 aliphatic heterocycles. The molecule has 1 aromatic heterocycles. The number of anilines is 1. The van der Waals surface area contributed by atoms with Crippen LogP contribution in [0.3, 0.4) is 0 Å². The molecule has 2 aromatic carbocycles. The molecule has 0 saturated carbocycles. The van der Waals surface area contributed by atoms with Crippen LogP contribution in [0.4, 0.5) is 5.69 Å². The zero-order valence-electron chi connectivity index (χ0n) is 18.5. The van der Waals surface area contributed by atoms with Crippen LogP contribution in [0.25, 0.3) is 17.4 Å². The van der Waals surface area contributed by atoms with Gasteiger partial charge in [-0.15, -0.1) is 6.42 Å². The molecule has 35 heavy (non-hydrogen) atoms. The molecule has 2 heterocycles. The van der Waals surface area contributed by atoms with Crippen molar-refractivity contribution in [3.05, 3.63) is 77.6 Å². The molecule has 0 spiro atoms. The summed E-state index contributed by atoms with van der Waals surface area (Å²) in [6.07, 6.45) is 6.67. The molecule has 0 bridgehead atoms. The number of hydrogen-bond acceptors (Lipinski definition) is 7. The van der Waals surface area contributed by atoms with E-state index < -0.39 is 21.9 Å². The standard InChI is InChI=1S/C25H19N3O6S/c1-3-14-33-25(30)18-6-4-17(5-7-18)23-13-10-20(34-23)15-22-16(2)27-28(24(22)29)19-8-11-21(12-9-19)35(26,31)32/h1,4-13,15H,14H2,2H3,(H2,26,31,32)/b22-15-. The molecule has 0 radical (unpaired) electrons. The number of esters is 1. The summed E-state index contributed by atoms with van der Waals surface area (Å²) in [5, 5.41) is 10.6. The molecule has 0 saturated heterocycles. The molecular formula is C25H19N3O6S. The van der Waals surface area contributed by atoms with E-state index in [1.165, 1.54) is 29.3 Å². The quantitative estimate of drug-likeness (QED) is 0.321. The third-order valence-corrected chi connectivity index (χ3v) is 6.01. The molecule has 0 aliphatic carbocycles. The number of rotatable bonds is 6. The van der Waals surface area contributed by atoms with Gasteiger partial charge in [-0.3, -0.25) is 4.79 Å². The monoisotopic (exact) mass is 489 g/mol. The molecule has 3 aromatic rings. The van der Waals surface area contributed by atoms with Gasteiger partial charge in [0.25, 0.3) is 5.91 Å². The number of terminal acetylenes is 1. The second-order valence-corrected chi connectivity index (χ2v) is 9.02. The Morgan fingerprint density at radius 1 is 1.14 bits per heavy atom. The Balaban J connectivity index is 1.52. The van der Waals surface area contributed by atoms with Crippen LogP contribution >= 0.6 is 0 Å². The first-order chi connectivity index (χ1) is 16.7. The minimum Gasteiger partial charge on any atom is -0.457 e. The number of amides is 1. The molecule has 9 nitrogen and oxygen atoms in total. The summed E-state index contributed by atoms with van der Waals surface area (Å²) in [4.78, 5) is 24.8. The fourth-order valence-corrected chi connectivity index (χ4v) is 3.84. The summed E-state index contributed by atoms with van der Waals surface area (Å²) >= 11 is 0. The lowest BCUT2D eigenvalue weighted by molar-refractivity contribution is -0.114. The van der Waals surface area contributed by atoms with Crippen molar-refractivity contribution < 1.29 is 27.2 Å². The van der Waals surface area contributed by atoms with E-state index >= 15 is 0 Å². The largest absolute Gasteiger partial charge is 0.457 e. The average molecular weight is 490 g/mol. The number of furan rings is 1. The molecular weight excluding hydrogens is 470 g/mol. The van der Waals surface area contributed by atoms with E-state index in [0.29, 0.717) is 34.1 Å². The van der Waals surface area contributed by atoms with Gasteiger partial charge in [0.05, 0.1) is 27.4 Å². The molecule has 10 heteroatoms. The molecule has 176 valence electrons. The van der Waals surface area contributed by atoms with Crippen LogP contribution in [0.2, 0.25) is 0 Å².